The van der Waals surface area contributed by atoms with Gasteiger partial charge in [0, 0.05) is 52.6 Å². The lowest BCUT2D eigenvalue weighted by molar-refractivity contribution is 0.0515. The maximum absolute atomic E-state index is 12.8. The van der Waals surface area contributed by atoms with E-state index in [9.17, 15) is 38.4 Å². The normalized spacial score (nSPS) is 10.9. The van der Waals surface area contributed by atoms with Crippen molar-refractivity contribution in [1.29, 1.82) is 0 Å². The predicted molar refractivity (Wildman–Crippen MR) is 221 cm³/mol. The Morgan fingerprint density at radius 2 is 0.869 bits per heavy atom. The molecule has 61 heavy (non-hydrogen) atoms. The van der Waals surface area contributed by atoms with Crippen LogP contribution in [0.2, 0.25) is 0 Å². The fraction of sp³-hybridized carbons (Fsp3) is 0.641. The molecule has 6 N–H and O–H groups in total. The summed E-state index contributed by atoms with van der Waals surface area (Å²) in [6.45, 7) is 19.0. The minimum absolute atomic E-state index is 0.00227. The van der Waals surface area contributed by atoms with Gasteiger partial charge in [0.2, 0.25) is 17.4 Å². The molecule has 0 spiro atoms. The van der Waals surface area contributed by atoms with Gasteiger partial charge in [0.15, 0.2) is 28.6 Å². The highest BCUT2D eigenvalue weighted by Crippen LogP contribution is 2.09. The van der Waals surface area contributed by atoms with E-state index in [1.165, 1.54) is 6.92 Å². The van der Waals surface area contributed by atoms with E-state index >= 15 is 0 Å². The van der Waals surface area contributed by atoms with Crippen LogP contribution in [-0.4, -0.2) is 128 Å². The van der Waals surface area contributed by atoms with Gasteiger partial charge in [0.05, 0.1) is 0 Å². The van der Waals surface area contributed by atoms with Crippen LogP contribution < -0.4 is 31.9 Å². The molecule has 0 aliphatic carbocycles. The van der Waals surface area contributed by atoms with E-state index in [1.807, 2.05) is 20.8 Å². The van der Waals surface area contributed by atoms with Gasteiger partial charge in [-0.3, -0.25) is 28.8 Å². The lowest BCUT2D eigenvalue weighted by Gasteiger charge is -2.19. The van der Waals surface area contributed by atoms with Gasteiger partial charge in [0.25, 0.3) is 23.6 Å². The third-order valence-corrected chi connectivity index (χ3v) is 7.30. The molecule has 0 radical (unpaired) electrons. The number of Topliss-reactive ketones (excluding diaryl/α,β-unsaturated/α-hetero) is 2. The quantitative estimate of drug-likeness (QED) is 0.0777. The zero-order valence-electron chi connectivity index (χ0n) is 37.0. The first-order chi connectivity index (χ1) is 28.6. The molecular formula is C39H62N12O10. The Morgan fingerprint density at radius 1 is 0.459 bits per heavy atom. The Labute approximate surface area is 356 Å². The molecule has 0 saturated carbocycles. The molecule has 2 aromatic rings. The molecule has 0 saturated heterocycles. The van der Waals surface area contributed by atoms with Crippen LogP contribution in [0.15, 0.2) is 0 Å². The maximum atomic E-state index is 12.8. The number of carbonyl (C=O) groups is 8. The molecule has 0 fully saturated rings. The summed E-state index contributed by atoms with van der Waals surface area (Å²) in [7, 11) is 0. The molecule has 0 bridgehead atoms. The van der Waals surface area contributed by atoms with Crippen LogP contribution in [0.25, 0.3) is 0 Å². The van der Waals surface area contributed by atoms with Crippen molar-refractivity contribution in [3.8, 4) is 0 Å². The Bertz CT molecular complexity index is 1830. The van der Waals surface area contributed by atoms with Crippen LogP contribution in [0.4, 0.5) is 9.59 Å². The van der Waals surface area contributed by atoms with Gasteiger partial charge in [-0.05, 0) is 67.2 Å². The highest BCUT2D eigenvalue weighted by molar-refractivity contribution is 6.06. The molecule has 0 aromatic carbocycles. The van der Waals surface area contributed by atoms with E-state index in [0.717, 1.165) is 25.7 Å². The first-order valence-electron chi connectivity index (χ1n) is 20.2. The lowest BCUT2D eigenvalue weighted by atomic mass is 10.2. The number of alkyl carbamates (subject to hydrolysis) is 2. The number of nitrogens with zero attached hydrogens (tertiary/aromatic N) is 6. The highest BCUT2D eigenvalue weighted by atomic mass is 16.6. The minimum Gasteiger partial charge on any atom is -0.444 e. The largest absolute Gasteiger partial charge is 0.444 e. The summed E-state index contributed by atoms with van der Waals surface area (Å²) in [4.78, 5) is 105. The van der Waals surface area contributed by atoms with Crippen molar-refractivity contribution < 1.29 is 47.8 Å². The SMILES string of the molecule is CCCCNC(=O)c1nnc(C(C)=O)c(C(=O)NCCCC)n1.CCCNC(=O)c1nnc(C(=O)CCCNC(=O)OC(C)(C)C)nc1C(=O)NCCNC(=O)OC(C)(C)C. The molecule has 6 amide bonds. The van der Waals surface area contributed by atoms with E-state index in [1.54, 1.807) is 41.5 Å². The molecule has 2 rings (SSSR count). The van der Waals surface area contributed by atoms with Crippen molar-refractivity contribution in [2.75, 3.05) is 39.3 Å². The number of amides is 6. The molecule has 0 aliphatic heterocycles. The number of aromatic nitrogens is 6. The fourth-order valence-corrected chi connectivity index (χ4v) is 4.42. The summed E-state index contributed by atoms with van der Waals surface area (Å²) >= 11 is 0. The first kappa shape index (κ1) is 52.8. The van der Waals surface area contributed by atoms with Crippen molar-refractivity contribution in [3.63, 3.8) is 0 Å². The number of carbonyl (C=O) groups excluding carboxylic acids is 8. The third-order valence-electron chi connectivity index (χ3n) is 7.30. The van der Waals surface area contributed by atoms with Crippen molar-refractivity contribution in [2.24, 2.45) is 0 Å². The van der Waals surface area contributed by atoms with Gasteiger partial charge in [0.1, 0.15) is 11.2 Å². The zero-order valence-corrected chi connectivity index (χ0v) is 37.0. The summed E-state index contributed by atoms with van der Waals surface area (Å²) in [6.07, 6.45) is 3.12. The Balaban J connectivity index is 0.000000689. The third kappa shape index (κ3) is 21.6. The van der Waals surface area contributed by atoms with Crippen LogP contribution in [0.1, 0.15) is 177 Å². The number of ketones is 2. The van der Waals surface area contributed by atoms with E-state index in [0.29, 0.717) is 26.1 Å². The molecule has 338 valence electrons. The van der Waals surface area contributed by atoms with Gasteiger partial charge in [-0.15, -0.1) is 20.4 Å². The zero-order chi connectivity index (χ0) is 46.2. The highest BCUT2D eigenvalue weighted by Gasteiger charge is 2.25. The standard InChI is InChI=1S/C24H39N7O7.C15H23N5O3/c1-8-11-25-20(34)17-16(19(33)26-13-14-28-22(36)38-24(5,6)7)29-18(31-30-17)15(32)10-9-12-27-21(35)37-23(2,3)4;1-4-6-8-16-14(22)12-11(10(3)21)19-20-13(18-12)15(23)17-9-7-5-2/h8-14H2,1-7H3,(H,25,34)(H,26,33)(H,27,35)(H,28,36);4-9H2,1-3H3,(H,16,22)(H,17,23). The second kappa shape index (κ2) is 26.8. The number of unbranched alkanes of at least 4 members (excludes halogenated alkanes) is 2. The molecule has 22 nitrogen and oxygen atoms in total. The van der Waals surface area contributed by atoms with Gasteiger partial charge in [-0.1, -0.05) is 33.6 Å². The van der Waals surface area contributed by atoms with Crippen LogP contribution in [-0.2, 0) is 9.47 Å². The maximum Gasteiger partial charge on any atom is 0.407 e. The molecule has 22 heteroatoms. The number of rotatable bonds is 21. The Morgan fingerprint density at radius 3 is 1.39 bits per heavy atom. The van der Waals surface area contributed by atoms with Gasteiger partial charge in [-0.25, -0.2) is 19.6 Å². The predicted octanol–water partition coefficient (Wildman–Crippen LogP) is 2.89. The topological polar surface area (TPSA) is 305 Å². The van der Waals surface area contributed by atoms with Gasteiger partial charge >= 0.3 is 12.2 Å². The van der Waals surface area contributed by atoms with Crippen molar-refractivity contribution in [1.82, 2.24) is 62.3 Å². The first-order valence-corrected chi connectivity index (χ1v) is 20.2. The monoisotopic (exact) mass is 858 g/mol. The van der Waals surface area contributed by atoms with Gasteiger partial charge in [-0.2, -0.15) is 0 Å². The van der Waals surface area contributed by atoms with E-state index in [-0.39, 0.29) is 66.9 Å². The molecule has 2 heterocycles. The summed E-state index contributed by atoms with van der Waals surface area (Å²) in [5.41, 5.74) is -2.32. The van der Waals surface area contributed by atoms with E-state index in [2.05, 4.69) is 62.3 Å². The second-order valence-electron chi connectivity index (χ2n) is 15.3. The van der Waals surface area contributed by atoms with Gasteiger partial charge < -0.3 is 41.4 Å². The molecular weight excluding hydrogens is 797 g/mol. The fourth-order valence-electron chi connectivity index (χ4n) is 4.42. The second-order valence-corrected chi connectivity index (χ2v) is 15.3. The summed E-state index contributed by atoms with van der Waals surface area (Å²) in [6, 6.07) is 0. The van der Waals surface area contributed by atoms with E-state index in [4.69, 9.17) is 9.47 Å². The van der Waals surface area contributed by atoms with Crippen molar-refractivity contribution in [2.45, 2.75) is 125 Å². The summed E-state index contributed by atoms with van der Waals surface area (Å²) in [5, 5.41) is 30.3. The Hall–Kier alpha value is -6.22. The van der Waals surface area contributed by atoms with Crippen LogP contribution in [0, 0.1) is 0 Å². The molecule has 0 aliphatic rings. The lowest BCUT2D eigenvalue weighted by Crippen LogP contribution is -2.39. The Kier molecular flexibility index (Phi) is 23.2. The minimum atomic E-state index is -0.770. The number of ether oxygens (including phenoxy) is 2. The number of hydrogen-bond acceptors (Lipinski definition) is 16. The average molecular weight is 859 g/mol. The van der Waals surface area contributed by atoms with Crippen molar-refractivity contribution >= 4 is 47.4 Å². The van der Waals surface area contributed by atoms with E-state index < -0.39 is 58.6 Å². The molecule has 0 unspecified atom stereocenters. The molecule has 2 aromatic heterocycles. The average Bonchev–Trinajstić information content (AvgIpc) is 3.18. The van der Waals surface area contributed by atoms with Crippen LogP contribution in [0.3, 0.4) is 0 Å². The summed E-state index contributed by atoms with van der Waals surface area (Å²) in [5.74, 6) is -3.98. The van der Waals surface area contributed by atoms with Crippen molar-refractivity contribution in [3.05, 3.63) is 34.4 Å². The number of hydrogen-bond donors (Lipinski definition) is 6. The molecule has 0 atom stereocenters. The van der Waals surface area contributed by atoms with Crippen LogP contribution >= 0.6 is 0 Å². The number of nitrogens with one attached hydrogen (secondary N) is 6. The smallest absolute Gasteiger partial charge is 0.407 e. The summed E-state index contributed by atoms with van der Waals surface area (Å²) < 4.78 is 10.2. The van der Waals surface area contributed by atoms with Crippen LogP contribution in [0.5, 0.6) is 0 Å².